The Kier molecular flexibility index (Phi) is 14.7. The van der Waals surface area contributed by atoms with Gasteiger partial charge in [0.15, 0.2) is 5.82 Å². The van der Waals surface area contributed by atoms with Crippen molar-refractivity contribution in [2.45, 2.75) is 142 Å². The number of nitrogens with zero attached hydrogens (tertiary/aromatic N) is 5. The highest BCUT2D eigenvalue weighted by Gasteiger charge is 2.46. The number of hydrogen-bond acceptors (Lipinski definition) is 13. The highest BCUT2D eigenvalue weighted by molar-refractivity contribution is 7.23. The van der Waals surface area contributed by atoms with E-state index < -0.39 is 63.4 Å². The summed E-state index contributed by atoms with van der Waals surface area (Å²) in [5, 5.41) is 2.29. The van der Waals surface area contributed by atoms with Gasteiger partial charge in [0.1, 0.15) is 40.6 Å². The van der Waals surface area contributed by atoms with Crippen LogP contribution in [0.4, 0.5) is 42.4 Å². The second-order valence-electron chi connectivity index (χ2n) is 20.5. The van der Waals surface area contributed by atoms with Crippen molar-refractivity contribution in [2.75, 3.05) is 56.2 Å². The molecule has 0 aliphatic carbocycles. The van der Waals surface area contributed by atoms with E-state index in [4.69, 9.17) is 28.7 Å². The predicted octanol–water partition coefficient (Wildman–Crippen LogP) is 10.7. The Balaban J connectivity index is 1.22. The number of halogens is 5. The molecule has 0 radical (unpaired) electrons. The molecule has 372 valence electrons. The number of rotatable bonds is 13. The van der Waals surface area contributed by atoms with Crippen LogP contribution in [0.1, 0.15) is 106 Å². The molecule has 20 heteroatoms. The first kappa shape index (κ1) is 50.8. The fourth-order valence-electron chi connectivity index (χ4n) is 9.02. The number of ether oxygens (including phenoxy) is 5. The van der Waals surface area contributed by atoms with Crippen LogP contribution in [0.2, 0.25) is 0 Å². The van der Waals surface area contributed by atoms with E-state index in [1.807, 2.05) is 0 Å². The maximum absolute atomic E-state index is 17.6. The van der Waals surface area contributed by atoms with E-state index in [1.165, 1.54) is 6.07 Å². The third-order valence-corrected chi connectivity index (χ3v) is 12.7. The molecule has 2 aromatic carbocycles. The molecule has 3 aliphatic rings. The Bertz CT molecular complexity index is 2500. The second-order valence-corrected chi connectivity index (χ2v) is 21.6. The van der Waals surface area contributed by atoms with Crippen molar-refractivity contribution < 1.29 is 60.0 Å². The number of hydrogen-bond donors (Lipinski definition) is 1. The molecular formula is C48H61F5N6O8S. The number of carbonyl (C=O) groups is 3. The van der Waals surface area contributed by atoms with E-state index in [-0.39, 0.29) is 94.7 Å². The standard InChI is InChI=1S/C48H61F5N6O8S/c1-45(2,3)65-36(60)17-21-63-20-11-19-57-18-10-12-29(57)26-64-42-55-39-32(41(56-42)58-24-27-13-14-28(25-58)59(27)44(62)67-47(7,8)9)22-33(48(51,52)53)37(38(39)50)30-15-16-34(49)40-31(30)23-35(68-40)54-43(61)66-46(4,5)6/h15-16,22-23,27-29H,10-14,17-21,24-26H2,1-9H3,(H,54,61)/t27?,28?,29-/m0/s1. The number of alkyl halides is 3. The number of likely N-dealkylation sites (tertiary alicyclic amines) is 1. The zero-order valence-electron chi connectivity index (χ0n) is 40.0. The van der Waals surface area contributed by atoms with Gasteiger partial charge in [0.05, 0.1) is 40.4 Å². The summed E-state index contributed by atoms with van der Waals surface area (Å²) in [5.74, 6) is -2.43. The third kappa shape index (κ3) is 12.2. The number of benzene rings is 2. The zero-order chi connectivity index (χ0) is 49.5. The second kappa shape index (κ2) is 19.7. The average Bonchev–Trinajstić information content (AvgIpc) is 3.91. The van der Waals surface area contributed by atoms with Crippen LogP contribution in [0, 0.1) is 11.6 Å². The van der Waals surface area contributed by atoms with Crippen molar-refractivity contribution in [3.63, 3.8) is 0 Å². The molecule has 3 saturated heterocycles. The van der Waals surface area contributed by atoms with Gasteiger partial charge in [-0.05, 0) is 125 Å². The van der Waals surface area contributed by atoms with Gasteiger partial charge >= 0.3 is 30.3 Å². The summed E-state index contributed by atoms with van der Waals surface area (Å²) >= 11 is 0.766. The Morgan fingerprint density at radius 3 is 2.16 bits per heavy atom. The number of thiophene rings is 1. The smallest absolute Gasteiger partial charge is 0.417 e. The van der Waals surface area contributed by atoms with Gasteiger partial charge in [0.25, 0.3) is 0 Å². The summed E-state index contributed by atoms with van der Waals surface area (Å²) in [6.45, 7) is 18.2. The minimum absolute atomic E-state index is 0.0112. The van der Waals surface area contributed by atoms with Crippen LogP contribution in [0.5, 0.6) is 6.01 Å². The van der Waals surface area contributed by atoms with Crippen LogP contribution >= 0.6 is 11.3 Å². The normalized spacial score (nSPS) is 19.2. The minimum atomic E-state index is -5.12. The summed E-state index contributed by atoms with van der Waals surface area (Å²) in [4.78, 5) is 52.9. The lowest BCUT2D eigenvalue weighted by Gasteiger charge is -2.42. The fraction of sp³-hybridized carbons (Fsp3) is 0.604. The Morgan fingerprint density at radius 2 is 1.51 bits per heavy atom. The largest absolute Gasteiger partial charge is 0.462 e. The van der Waals surface area contributed by atoms with Gasteiger partial charge in [-0.15, -0.1) is 11.3 Å². The molecular weight excluding hydrogens is 916 g/mol. The monoisotopic (exact) mass is 976 g/mol. The molecule has 5 heterocycles. The molecule has 2 amide bonds. The number of aromatic nitrogens is 2. The van der Waals surface area contributed by atoms with Gasteiger partial charge in [-0.3, -0.25) is 19.9 Å². The maximum Gasteiger partial charge on any atom is 0.417 e. The Labute approximate surface area is 396 Å². The topological polar surface area (TPSA) is 145 Å². The number of carbonyl (C=O) groups excluding carboxylic acids is 3. The van der Waals surface area contributed by atoms with Crippen molar-refractivity contribution in [3.05, 3.63) is 41.5 Å². The Morgan fingerprint density at radius 1 is 0.838 bits per heavy atom. The highest BCUT2D eigenvalue weighted by atomic mass is 32.1. The lowest BCUT2D eigenvalue weighted by molar-refractivity contribution is -0.156. The van der Waals surface area contributed by atoms with Crippen LogP contribution in [-0.4, -0.2) is 119 Å². The minimum Gasteiger partial charge on any atom is -0.462 e. The summed E-state index contributed by atoms with van der Waals surface area (Å²) in [7, 11) is 0. The van der Waals surface area contributed by atoms with Gasteiger partial charge in [-0.2, -0.15) is 23.1 Å². The van der Waals surface area contributed by atoms with Crippen LogP contribution in [0.3, 0.4) is 0 Å². The van der Waals surface area contributed by atoms with E-state index in [0.29, 0.717) is 32.4 Å². The molecule has 3 fully saturated rings. The first-order chi connectivity index (χ1) is 31.7. The van der Waals surface area contributed by atoms with Crippen LogP contribution < -0.4 is 15.0 Å². The highest BCUT2D eigenvalue weighted by Crippen LogP contribution is 2.48. The van der Waals surface area contributed by atoms with Gasteiger partial charge < -0.3 is 28.6 Å². The molecule has 7 rings (SSSR count). The van der Waals surface area contributed by atoms with Crippen molar-refractivity contribution in [3.8, 4) is 17.1 Å². The first-order valence-corrected chi connectivity index (χ1v) is 23.8. The molecule has 2 bridgehead atoms. The van der Waals surface area contributed by atoms with E-state index in [1.54, 1.807) is 72.1 Å². The average molecular weight is 977 g/mol. The number of amides is 2. The maximum atomic E-state index is 17.6. The van der Waals surface area contributed by atoms with Crippen LogP contribution in [0.25, 0.3) is 32.1 Å². The molecule has 3 aliphatic heterocycles. The molecule has 4 aromatic rings. The number of piperazine rings is 1. The van der Waals surface area contributed by atoms with Crippen molar-refractivity contribution >= 4 is 61.3 Å². The van der Waals surface area contributed by atoms with Crippen molar-refractivity contribution in [2.24, 2.45) is 0 Å². The Hall–Kier alpha value is -5.08. The van der Waals surface area contributed by atoms with E-state index in [0.717, 1.165) is 48.9 Å². The first-order valence-electron chi connectivity index (χ1n) is 23.0. The van der Waals surface area contributed by atoms with E-state index in [2.05, 4.69) is 15.2 Å². The molecule has 2 aromatic heterocycles. The molecule has 68 heavy (non-hydrogen) atoms. The molecule has 2 unspecified atom stereocenters. The number of fused-ring (bicyclic) bond motifs is 4. The third-order valence-electron chi connectivity index (χ3n) is 11.6. The van der Waals surface area contributed by atoms with E-state index >= 15 is 22.0 Å². The molecule has 3 atom stereocenters. The summed E-state index contributed by atoms with van der Waals surface area (Å²) in [6, 6.07) is 3.07. The van der Waals surface area contributed by atoms with Gasteiger partial charge in [0, 0.05) is 48.6 Å². The van der Waals surface area contributed by atoms with Gasteiger partial charge in [0.2, 0.25) is 0 Å². The number of anilines is 2. The molecule has 0 saturated carbocycles. The van der Waals surface area contributed by atoms with Crippen LogP contribution in [0.15, 0.2) is 24.3 Å². The van der Waals surface area contributed by atoms with Gasteiger partial charge in [-0.25, -0.2) is 18.4 Å². The van der Waals surface area contributed by atoms with Gasteiger partial charge in [-0.1, -0.05) is 6.07 Å². The zero-order valence-corrected chi connectivity index (χ0v) is 40.9. The summed E-state index contributed by atoms with van der Waals surface area (Å²) < 4.78 is 107. The van der Waals surface area contributed by atoms with Crippen molar-refractivity contribution in [1.29, 1.82) is 0 Å². The quantitative estimate of drug-likeness (QED) is 0.0589. The van der Waals surface area contributed by atoms with Crippen LogP contribution in [-0.2, 0) is 29.9 Å². The fourth-order valence-corrected chi connectivity index (χ4v) is 9.99. The lowest BCUT2D eigenvalue weighted by Crippen LogP contribution is -2.57. The predicted molar refractivity (Wildman–Crippen MR) is 248 cm³/mol. The molecule has 14 nitrogen and oxygen atoms in total. The lowest BCUT2D eigenvalue weighted by atomic mass is 9.93. The summed E-state index contributed by atoms with van der Waals surface area (Å²) in [5.41, 5.74) is -5.13. The van der Waals surface area contributed by atoms with Crippen molar-refractivity contribution in [1.82, 2.24) is 19.8 Å². The summed E-state index contributed by atoms with van der Waals surface area (Å²) in [6.07, 6.45) is -2.79. The molecule has 1 N–H and O–H groups in total. The molecule has 0 spiro atoms. The number of esters is 1. The van der Waals surface area contributed by atoms with E-state index in [9.17, 15) is 14.4 Å². The SMILES string of the molecule is CC(C)(C)OC(=O)CCOCCCN1CCC[C@H]1COc1nc(N2CC3CCC(C2)N3C(=O)OC(C)(C)C)c2cc(C(F)(F)F)c(-c3ccc(F)c4sc(NC(=O)OC(C)(C)C)cc34)c(F)c2n1. The number of nitrogens with one attached hydrogen (secondary N) is 1.